The van der Waals surface area contributed by atoms with Gasteiger partial charge in [-0.1, -0.05) is 11.8 Å². The molecule has 2 fully saturated rings. The minimum absolute atomic E-state index is 0.278. The van der Waals surface area contributed by atoms with Gasteiger partial charge in [-0.2, -0.15) is 15.0 Å². The minimum Gasteiger partial charge on any atom is -0.465 e. The number of esters is 1. The number of carbonyl (C=O) groups excluding carboxylic acids is 1. The Kier molecular flexibility index (Phi) is 6.65. The lowest BCUT2D eigenvalue weighted by Crippen LogP contribution is -2.40. The molecule has 0 atom stereocenters. The summed E-state index contributed by atoms with van der Waals surface area (Å²) in [7, 11) is 0. The molecule has 0 radical (unpaired) electrons. The third kappa shape index (κ3) is 5.41. The lowest BCUT2D eigenvalue weighted by molar-refractivity contribution is -0.140. The van der Waals surface area contributed by atoms with Crippen molar-refractivity contribution in [3.63, 3.8) is 0 Å². The second kappa shape index (κ2) is 9.16. The van der Waals surface area contributed by atoms with E-state index in [2.05, 4.69) is 24.8 Å². The van der Waals surface area contributed by atoms with Crippen LogP contribution in [0.4, 0.5) is 11.9 Å². The van der Waals surface area contributed by atoms with Gasteiger partial charge in [0.2, 0.25) is 11.9 Å². The van der Waals surface area contributed by atoms with Gasteiger partial charge in [0.25, 0.3) is 0 Å². The van der Waals surface area contributed by atoms with Gasteiger partial charge in [0.05, 0.1) is 26.4 Å². The normalized spacial score (nSPS) is 18.3. The third-order valence-electron chi connectivity index (χ3n) is 3.80. The fourth-order valence-corrected chi connectivity index (χ4v) is 3.17. The van der Waals surface area contributed by atoms with Crippen molar-refractivity contribution in [3.8, 4) is 0 Å². The summed E-state index contributed by atoms with van der Waals surface area (Å²) in [5.41, 5.74) is 0. The summed E-state index contributed by atoms with van der Waals surface area (Å²) in [6.45, 7) is 7.51. The second-order valence-electron chi connectivity index (χ2n) is 5.61. The van der Waals surface area contributed by atoms with Crippen molar-refractivity contribution in [2.24, 2.45) is 0 Å². The largest absolute Gasteiger partial charge is 0.465 e. The molecular weight excluding hydrogens is 346 g/mol. The Morgan fingerprint density at radius 1 is 1.00 bits per heavy atom. The highest BCUT2D eigenvalue weighted by atomic mass is 32.2. The van der Waals surface area contributed by atoms with Crippen LogP contribution in [-0.4, -0.2) is 85.9 Å². The van der Waals surface area contributed by atoms with Gasteiger partial charge < -0.3 is 24.0 Å². The van der Waals surface area contributed by atoms with E-state index in [-0.39, 0.29) is 5.97 Å². The summed E-state index contributed by atoms with van der Waals surface area (Å²) < 4.78 is 15.8. The predicted molar refractivity (Wildman–Crippen MR) is 93.2 cm³/mol. The number of ether oxygens (including phenoxy) is 3. The predicted octanol–water partition coefficient (Wildman–Crippen LogP) is 0.200. The molecule has 1 aromatic rings. The molecule has 138 valence electrons. The number of hydrogen-bond donors (Lipinski definition) is 0. The summed E-state index contributed by atoms with van der Waals surface area (Å²) >= 11 is 1.46. The minimum atomic E-state index is -0.278. The molecule has 0 aromatic carbocycles. The summed E-state index contributed by atoms with van der Waals surface area (Å²) in [5.74, 6) is 1.68. The maximum Gasteiger partial charge on any atom is 0.302 e. The van der Waals surface area contributed by atoms with Gasteiger partial charge in [-0.05, 0) is 0 Å². The van der Waals surface area contributed by atoms with Crippen LogP contribution in [0.25, 0.3) is 0 Å². The molecule has 25 heavy (non-hydrogen) atoms. The van der Waals surface area contributed by atoms with Crippen molar-refractivity contribution in [3.05, 3.63) is 0 Å². The lowest BCUT2D eigenvalue weighted by atomic mass is 10.4. The zero-order valence-corrected chi connectivity index (χ0v) is 15.2. The Morgan fingerprint density at radius 2 is 1.52 bits per heavy atom. The molecule has 2 aliphatic rings. The smallest absolute Gasteiger partial charge is 0.302 e. The molecule has 0 N–H and O–H groups in total. The number of anilines is 2. The zero-order chi connectivity index (χ0) is 17.5. The number of thioether (sulfide) groups is 1. The van der Waals surface area contributed by atoms with E-state index in [1.807, 2.05) is 0 Å². The zero-order valence-electron chi connectivity index (χ0n) is 14.3. The average Bonchev–Trinajstić information content (AvgIpc) is 2.66. The van der Waals surface area contributed by atoms with Gasteiger partial charge in [0.15, 0.2) is 5.16 Å². The molecule has 1 aromatic heterocycles. The molecule has 3 rings (SSSR count). The van der Waals surface area contributed by atoms with E-state index in [1.165, 1.54) is 18.7 Å². The number of carbonyl (C=O) groups is 1. The molecule has 0 spiro atoms. The first-order valence-electron chi connectivity index (χ1n) is 8.40. The molecule has 0 amide bonds. The third-order valence-corrected chi connectivity index (χ3v) is 4.61. The number of nitrogens with zero attached hydrogens (tertiary/aromatic N) is 5. The molecule has 0 unspecified atom stereocenters. The standard InChI is InChI=1S/C15H23N5O4S/c1-12(21)24-10-11-25-15-17-13(19-2-6-22-7-3-19)16-14(18-15)20-4-8-23-9-5-20/h2-11H2,1H3. The van der Waals surface area contributed by atoms with Gasteiger partial charge in [-0.25, -0.2) is 0 Å². The van der Waals surface area contributed by atoms with E-state index in [4.69, 9.17) is 14.2 Å². The summed E-state index contributed by atoms with van der Waals surface area (Å²) in [6.07, 6.45) is 0. The average molecular weight is 369 g/mol. The molecule has 3 heterocycles. The van der Waals surface area contributed by atoms with Crippen molar-refractivity contribution in [2.45, 2.75) is 12.1 Å². The van der Waals surface area contributed by atoms with Crippen LogP contribution in [0, 0.1) is 0 Å². The van der Waals surface area contributed by atoms with E-state index in [0.29, 0.717) is 55.8 Å². The number of hydrogen-bond acceptors (Lipinski definition) is 10. The highest BCUT2D eigenvalue weighted by molar-refractivity contribution is 7.99. The molecule has 0 aliphatic carbocycles. The highest BCUT2D eigenvalue weighted by Crippen LogP contribution is 2.21. The van der Waals surface area contributed by atoms with Crippen molar-refractivity contribution in [1.82, 2.24) is 15.0 Å². The van der Waals surface area contributed by atoms with Crippen LogP contribution in [0.1, 0.15) is 6.92 Å². The Balaban J connectivity index is 1.73. The van der Waals surface area contributed by atoms with E-state index in [9.17, 15) is 4.79 Å². The number of morpholine rings is 2. The number of rotatable bonds is 6. The first-order chi connectivity index (χ1) is 12.2. The van der Waals surface area contributed by atoms with Crippen LogP contribution in [0.15, 0.2) is 5.16 Å². The van der Waals surface area contributed by atoms with E-state index in [0.717, 1.165) is 26.2 Å². The molecular formula is C15H23N5O4S. The van der Waals surface area contributed by atoms with Gasteiger partial charge in [0, 0.05) is 38.9 Å². The van der Waals surface area contributed by atoms with Gasteiger partial charge in [-0.15, -0.1) is 0 Å². The van der Waals surface area contributed by atoms with Crippen molar-refractivity contribution >= 4 is 29.6 Å². The van der Waals surface area contributed by atoms with Crippen molar-refractivity contribution in [2.75, 3.05) is 74.8 Å². The SMILES string of the molecule is CC(=O)OCCSc1nc(N2CCOCC2)nc(N2CCOCC2)n1. The van der Waals surface area contributed by atoms with Gasteiger partial charge >= 0.3 is 5.97 Å². The maximum absolute atomic E-state index is 10.9. The topological polar surface area (TPSA) is 89.9 Å². The van der Waals surface area contributed by atoms with Crippen LogP contribution in [0.5, 0.6) is 0 Å². The first kappa shape index (κ1) is 18.2. The summed E-state index contributed by atoms with van der Waals surface area (Å²) in [4.78, 5) is 28.9. The monoisotopic (exact) mass is 369 g/mol. The maximum atomic E-state index is 10.9. The van der Waals surface area contributed by atoms with Crippen LogP contribution in [0.3, 0.4) is 0 Å². The van der Waals surface area contributed by atoms with E-state index >= 15 is 0 Å². The Morgan fingerprint density at radius 3 is 2.00 bits per heavy atom. The fourth-order valence-electron chi connectivity index (χ4n) is 2.53. The highest BCUT2D eigenvalue weighted by Gasteiger charge is 2.20. The van der Waals surface area contributed by atoms with Crippen LogP contribution in [0.2, 0.25) is 0 Å². The van der Waals surface area contributed by atoms with Crippen molar-refractivity contribution in [1.29, 1.82) is 0 Å². The first-order valence-corrected chi connectivity index (χ1v) is 9.38. The summed E-state index contributed by atoms with van der Waals surface area (Å²) in [5, 5.41) is 0.644. The van der Waals surface area contributed by atoms with Gasteiger partial charge in [0.1, 0.15) is 6.61 Å². The number of aromatic nitrogens is 3. The molecule has 9 nitrogen and oxygen atoms in total. The molecule has 2 saturated heterocycles. The van der Waals surface area contributed by atoms with Gasteiger partial charge in [-0.3, -0.25) is 4.79 Å². The Bertz CT molecular complexity index is 543. The molecule has 10 heteroatoms. The summed E-state index contributed by atoms with van der Waals surface area (Å²) in [6, 6.07) is 0. The van der Waals surface area contributed by atoms with Crippen LogP contribution < -0.4 is 9.80 Å². The fraction of sp³-hybridized carbons (Fsp3) is 0.733. The van der Waals surface area contributed by atoms with Crippen molar-refractivity contribution < 1.29 is 19.0 Å². The van der Waals surface area contributed by atoms with E-state index < -0.39 is 0 Å². The Labute approximate surface area is 151 Å². The Hall–Kier alpha value is -1.65. The molecule has 2 aliphatic heterocycles. The van der Waals surface area contributed by atoms with Crippen LogP contribution >= 0.6 is 11.8 Å². The molecule has 0 saturated carbocycles. The van der Waals surface area contributed by atoms with Crippen LogP contribution in [-0.2, 0) is 19.0 Å². The van der Waals surface area contributed by atoms with E-state index in [1.54, 1.807) is 0 Å². The lowest BCUT2D eigenvalue weighted by Gasteiger charge is -2.30. The molecule has 0 bridgehead atoms. The second-order valence-corrected chi connectivity index (χ2v) is 6.67. The quantitative estimate of drug-likeness (QED) is 0.393.